The minimum absolute atomic E-state index is 0.599. The topological polar surface area (TPSA) is 28.2 Å². The van der Waals surface area contributed by atoms with E-state index in [1.807, 2.05) is 12.6 Å². The van der Waals surface area contributed by atoms with Crippen molar-refractivity contribution in [3.05, 3.63) is 16.6 Å². The van der Waals surface area contributed by atoms with Gasteiger partial charge >= 0.3 is 0 Å². The molecule has 1 heterocycles. The fourth-order valence-electron chi connectivity index (χ4n) is 1.55. The highest BCUT2D eigenvalue weighted by atomic mass is 32.1. The molecule has 1 aromatic heterocycles. The SMILES string of the molecule is CCC(CNC)N(C)Cc1cscn1. The van der Waals surface area contributed by atoms with Crippen molar-refractivity contribution in [2.24, 2.45) is 0 Å². The van der Waals surface area contributed by atoms with Gasteiger partial charge in [0.05, 0.1) is 11.2 Å². The summed E-state index contributed by atoms with van der Waals surface area (Å²) in [5.41, 5.74) is 3.06. The fraction of sp³-hybridized carbons (Fsp3) is 0.700. The molecule has 4 heteroatoms. The lowest BCUT2D eigenvalue weighted by Gasteiger charge is -2.26. The van der Waals surface area contributed by atoms with Crippen LogP contribution in [-0.2, 0) is 6.54 Å². The van der Waals surface area contributed by atoms with E-state index in [9.17, 15) is 0 Å². The van der Waals surface area contributed by atoms with E-state index in [0.29, 0.717) is 6.04 Å². The number of likely N-dealkylation sites (N-methyl/N-ethyl adjacent to an activating group) is 2. The normalized spacial score (nSPS) is 13.4. The second kappa shape index (κ2) is 6.11. The Hall–Kier alpha value is -0.450. The van der Waals surface area contributed by atoms with Crippen LogP contribution in [0.15, 0.2) is 10.9 Å². The molecule has 1 rings (SSSR count). The molecule has 0 spiro atoms. The zero-order chi connectivity index (χ0) is 10.4. The Morgan fingerprint density at radius 3 is 2.93 bits per heavy atom. The molecule has 0 fully saturated rings. The molecule has 0 aliphatic heterocycles. The average molecular weight is 213 g/mol. The van der Waals surface area contributed by atoms with Gasteiger partial charge in [-0.25, -0.2) is 4.98 Å². The first kappa shape index (κ1) is 11.6. The van der Waals surface area contributed by atoms with Gasteiger partial charge in [0, 0.05) is 24.5 Å². The molecule has 3 nitrogen and oxygen atoms in total. The molecular weight excluding hydrogens is 194 g/mol. The molecule has 1 N–H and O–H groups in total. The maximum absolute atomic E-state index is 4.29. The van der Waals surface area contributed by atoms with Crippen molar-refractivity contribution in [2.75, 3.05) is 20.6 Å². The maximum Gasteiger partial charge on any atom is 0.0795 e. The van der Waals surface area contributed by atoms with Crippen molar-refractivity contribution in [2.45, 2.75) is 25.9 Å². The van der Waals surface area contributed by atoms with Gasteiger partial charge in [-0.05, 0) is 20.5 Å². The molecular formula is C10H19N3S. The third-order valence-electron chi connectivity index (χ3n) is 2.43. The average Bonchev–Trinajstić information content (AvgIpc) is 2.66. The maximum atomic E-state index is 4.29. The van der Waals surface area contributed by atoms with Gasteiger partial charge in [0.15, 0.2) is 0 Å². The van der Waals surface area contributed by atoms with E-state index < -0.39 is 0 Å². The van der Waals surface area contributed by atoms with Crippen LogP contribution in [0.25, 0.3) is 0 Å². The van der Waals surface area contributed by atoms with Gasteiger partial charge in [-0.3, -0.25) is 4.90 Å². The molecule has 0 bridgehead atoms. The molecule has 0 radical (unpaired) electrons. The van der Waals surface area contributed by atoms with Crippen LogP contribution in [0, 0.1) is 0 Å². The Balaban J connectivity index is 2.43. The molecule has 14 heavy (non-hydrogen) atoms. The fourth-order valence-corrected chi connectivity index (χ4v) is 2.10. The molecule has 1 aromatic rings. The molecule has 0 aliphatic carbocycles. The molecule has 80 valence electrons. The zero-order valence-electron chi connectivity index (χ0n) is 9.16. The summed E-state index contributed by atoms with van der Waals surface area (Å²) in [5, 5.41) is 5.33. The molecule has 0 amide bonds. The predicted molar refractivity (Wildman–Crippen MR) is 61.6 cm³/mol. The summed E-state index contributed by atoms with van der Waals surface area (Å²) in [6.45, 7) is 4.21. The van der Waals surface area contributed by atoms with Crippen molar-refractivity contribution < 1.29 is 0 Å². The number of nitrogens with one attached hydrogen (secondary N) is 1. The number of nitrogens with zero attached hydrogens (tertiary/aromatic N) is 2. The molecule has 0 saturated carbocycles. The van der Waals surface area contributed by atoms with Crippen LogP contribution >= 0.6 is 11.3 Å². The smallest absolute Gasteiger partial charge is 0.0795 e. The standard InChI is InChI=1S/C10H19N3S/c1-4-10(5-11-2)13(3)6-9-7-14-8-12-9/h7-8,10-11H,4-6H2,1-3H3. The first-order valence-corrected chi connectivity index (χ1v) is 5.94. The highest BCUT2D eigenvalue weighted by molar-refractivity contribution is 7.07. The summed E-state index contributed by atoms with van der Waals surface area (Å²) in [5.74, 6) is 0. The highest BCUT2D eigenvalue weighted by Crippen LogP contribution is 2.08. The third-order valence-corrected chi connectivity index (χ3v) is 3.06. The van der Waals surface area contributed by atoms with E-state index in [-0.39, 0.29) is 0 Å². The van der Waals surface area contributed by atoms with Gasteiger partial charge in [-0.2, -0.15) is 0 Å². The Bertz CT molecular complexity index is 236. The van der Waals surface area contributed by atoms with Gasteiger partial charge in [0.1, 0.15) is 0 Å². The summed E-state index contributed by atoms with van der Waals surface area (Å²) in [6.07, 6.45) is 1.17. The van der Waals surface area contributed by atoms with Crippen LogP contribution < -0.4 is 5.32 Å². The summed E-state index contributed by atoms with van der Waals surface area (Å²) in [6, 6.07) is 0.599. The van der Waals surface area contributed by atoms with Crippen molar-refractivity contribution in [3.8, 4) is 0 Å². The summed E-state index contributed by atoms with van der Waals surface area (Å²) < 4.78 is 0. The summed E-state index contributed by atoms with van der Waals surface area (Å²) in [7, 11) is 4.16. The minimum Gasteiger partial charge on any atom is -0.318 e. The van der Waals surface area contributed by atoms with Crippen molar-refractivity contribution in [1.29, 1.82) is 0 Å². The Labute approximate surface area is 90.2 Å². The van der Waals surface area contributed by atoms with E-state index in [1.54, 1.807) is 11.3 Å². The second-order valence-corrected chi connectivity index (χ2v) is 4.23. The minimum atomic E-state index is 0.599. The van der Waals surface area contributed by atoms with E-state index in [2.05, 4.69) is 34.6 Å². The van der Waals surface area contributed by atoms with Crippen LogP contribution in [0.3, 0.4) is 0 Å². The molecule has 1 atom stereocenters. The lowest BCUT2D eigenvalue weighted by Crippen LogP contribution is -2.38. The largest absolute Gasteiger partial charge is 0.318 e. The number of hydrogen-bond acceptors (Lipinski definition) is 4. The van der Waals surface area contributed by atoms with Gasteiger partial charge in [0.25, 0.3) is 0 Å². The number of rotatable bonds is 6. The first-order chi connectivity index (χ1) is 6.77. The number of hydrogen-bond donors (Lipinski definition) is 1. The van der Waals surface area contributed by atoms with Crippen LogP contribution in [0.4, 0.5) is 0 Å². The Morgan fingerprint density at radius 1 is 1.64 bits per heavy atom. The van der Waals surface area contributed by atoms with Crippen LogP contribution in [0.1, 0.15) is 19.0 Å². The molecule has 0 aromatic carbocycles. The second-order valence-electron chi connectivity index (χ2n) is 3.51. The number of thiazole rings is 1. The quantitative estimate of drug-likeness (QED) is 0.777. The van der Waals surface area contributed by atoms with Crippen LogP contribution in [0.5, 0.6) is 0 Å². The monoisotopic (exact) mass is 213 g/mol. The van der Waals surface area contributed by atoms with E-state index >= 15 is 0 Å². The first-order valence-electron chi connectivity index (χ1n) is 4.99. The predicted octanol–water partition coefficient (Wildman–Crippen LogP) is 1.57. The Kier molecular flexibility index (Phi) is 5.07. The molecule has 1 unspecified atom stereocenters. The van der Waals surface area contributed by atoms with Crippen molar-refractivity contribution >= 4 is 11.3 Å². The number of aromatic nitrogens is 1. The van der Waals surface area contributed by atoms with Gasteiger partial charge in [0.2, 0.25) is 0 Å². The van der Waals surface area contributed by atoms with Crippen LogP contribution in [0.2, 0.25) is 0 Å². The van der Waals surface area contributed by atoms with Gasteiger partial charge in [-0.15, -0.1) is 11.3 Å². The third kappa shape index (κ3) is 3.36. The summed E-state index contributed by atoms with van der Waals surface area (Å²) >= 11 is 1.66. The highest BCUT2D eigenvalue weighted by Gasteiger charge is 2.12. The van der Waals surface area contributed by atoms with Crippen molar-refractivity contribution in [3.63, 3.8) is 0 Å². The van der Waals surface area contributed by atoms with E-state index in [4.69, 9.17) is 0 Å². The Morgan fingerprint density at radius 2 is 2.43 bits per heavy atom. The lowest BCUT2D eigenvalue weighted by atomic mass is 10.2. The molecule has 0 saturated heterocycles. The van der Waals surface area contributed by atoms with Gasteiger partial charge in [-0.1, -0.05) is 6.92 Å². The zero-order valence-corrected chi connectivity index (χ0v) is 9.97. The van der Waals surface area contributed by atoms with Gasteiger partial charge < -0.3 is 5.32 Å². The van der Waals surface area contributed by atoms with E-state index in [0.717, 1.165) is 13.1 Å². The van der Waals surface area contributed by atoms with Crippen molar-refractivity contribution in [1.82, 2.24) is 15.2 Å². The lowest BCUT2D eigenvalue weighted by molar-refractivity contribution is 0.222. The van der Waals surface area contributed by atoms with Crippen LogP contribution in [-0.4, -0.2) is 36.6 Å². The molecule has 0 aliphatic rings. The summed E-state index contributed by atoms with van der Waals surface area (Å²) in [4.78, 5) is 6.64. The van der Waals surface area contributed by atoms with E-state index in [1.165, 1.54) is 12.1 Å².